The highest BCUT2D eigenvalue weighted by atomic mass is 16.4. The molecule has 72 valence electrons. The highest BCUT2D eigenvalue weighted by molar-refractivity contribution is 5.69. The van der Waals surface area contributed by atoms with Crippen LogP contribution in [0.1, 0.15) is 11.4 Å². The van der Waals surface area contributed by atoms with E-state index in [1.54, 1.807) is 10.7 Å². The summed E-state index contributed by atoms with van der Waals surface area (Å²) in [5, 5.41) is 12.7. The molecule has 0 amide bonds. The molecule has 0 bridgehead atoms. The number of carboxylic acid groups (broad SMARTS) is 1. The highest BCUT2D eigenvalue weighted by Gasteiger charge is 2.05. The molecule has 2 aromatic heterocycles. The average Bonchev–Trinajstić information content (AvgIpc) is 2.44. The van der Waals surface area contributed by atoms with E-state index in [0.717, 1.165) is 5.69 Å². The summed E-state index contributed by atoms with van der Waals surface area (Å²) in [6, 6.07) is 3.65. The monoisotopic (exact) mass is 191 g/mol. The lowest BCUT2D eigenvalue weighted by molar-refractivity contribution is -0.136. The molecule has 0 atom stereocenters. The Kier molecular flexibility index (Phi) is 1.92. The number of nitrogens with zero attached hydrogens (tertiary/aromatic N) is 3. The van der Waals surface area contributed by atoms with E-state index in [1.165, 1.54) is 0 Å². The standard InChI is InChI=1S/C9H9N3O2/c1-6-2-3-8-10-7(4-9(13)14)5-12(8)11-6/h2-3,5H,4H2,1H3,(H,13,14). The average molecular weight is 191 g/mol. The molecule has 5 nitrogen and oxygen atoms in total. The normalized spacial score (nSPS) is 10.6. The van der Waals surface area contributed by atoms with Crippen molar-refractivity contribution in [1.29, 1.82) is 0 Å². The topological polar surface area (TPSA) is 67.5 Å². The van der Waals surface area contributed by atoms with Gasteiger partial charge in [0.1, 0.15) is 0 Å². The third-order valence-electron chi connectivity index (χ3n) is 1.84. The van der Waals surface area contributed by atoms with E-state index < -0.39 is 5.97 Å². The van der Waals surface area contributed by atoms with E-state index in [4.69, 9.17) is 5.11 Å². The maximum atomic E-state index is 10.4. The van der Waals surface area contributed by atoms with Gasteiger partial charge in [0.05, 0.1) is 24.0 Å². The van der Waals surface area contributed by atoms with Crippen LogP contribution in [0.5, 0.6) is 0 Å². The van der Waals surface area contributed by atoms with Crippen LogP contribution in [0.3, 0.4) is 0 Å². The molecule has 0 radical (unpaired) electrons. The van der Waals surface area contributed by atoms with Crippen LogP contribution < -0.4 is 0 Å². The van der Waals surface area contributed by atoms with Gasteiger partial charge in [0.15, 0.2) is 5.65 Å². The number of hydrogen-bond acceptors (Lipinski definition) is 3. The van der Waals surface area contributed by atoms with Gasteiger partial charge in [-0.3, -0.25) is 4.79 Å². The van der Waals surface area contributed by atoms with Crippen molar-refractivity contribution in [3.8, 4) is 0 Å². The van der Waals surface area contributed by atoms with Crippen LogP contribution in [-0.2, 0) is 11.2 Å². The lowest BCUT2D eigenvalue weighted by atomic mass is 10.3. The molecule has 2 aromatic rings. The van der Waals surface area contributed by atoms with Crippen LogP contribution in [-0.4, -0.2) is 25.7 Å². The summed E-state index contributed by atoms with van der Waals surface area (Å²) in [6.07, 6.45) is 1.57. The molecule has 2 heterocycles. The molecule has 0 aromatic carbocycles. The zero-order chi connectivity index (χ0) is 10.1. The fourth-order valence-corrected chi connectivity index (χ4v) is 1.27. The molecule has 0 aliphatic carbocycles. The van der Waals surface area contributed by atoms with Gasteiger partial charge in [0.25, 0.3) is 0 Å². The van der Waals surface area contributed by atoms with Crippen molar-refractivity contribution in [3.05, 3.63) is 29.7 Å². The second-order valence-corrected chi connectivity index (χ2v) is 3.08. The lowest BCUT2D eigenvalue weighted by Crippen LogP contribution is -1.99. The molecular formula is C9H9N3O2. The van der Waals surface area contributed by atoms with Crippen molar-refractivity contribution >= 4 is 11.6 Å². The van der Waals surface area contributed by atoms with Gasteiger partial charge in [-0.15, -0.1) is 0 Å². The first kappa shape index (κ1) is 8.68. The smallest absolute Gasteiger partial charge is 0.309 e. The molecule has 2 rings (SSSR count). The number of aliphatic carboxylic acids is 1. The van der Waals surface area contributed by atoms with Crippen molar-refractivity contribution in [2.45, 2.75) is 13.3 Å². The maximum Gasteiger partial charge on any atom is 0.309 e. The molecule has 5 heteroatoms. The molecule has 0 aliphatic heterocycles. The van der Waals surface area contributed by atoms with Crippen molar-refractivity contribution in [3.63, 3.8) is 0 Å². The minimum absolute atomic E-state index is 0.0671. The van der Waals surface area contributed by atoms with Gasteiger partial charge in [-0.1, -0.05) is 0 Å². The van der Waals surface area contributed by atoms with Gasteiger partial charge < -0.3 is 5.11 Å². The van der Waals surface area contributed by atoms with E-state index in [9.17, 15) is 4.79 Å². The highest BCUT2D eigenvalue weighted by Crippen LogP contribution is 2.04. The van der Waals surface area contributed by atoms with Crippen LogP contribution >= 0.6 is 0 Å². The Balaban J connectivity index is 2.46. The number of carbonyl (C=O) groups is 1. The number of imidazole rings is 1. The summed E-state index contributed by atoms with van der Waals surface area (Å²) in [7, 11) is 0. The number of rotatable bonds is 2. The second kappa shape index (κ2) is 3.10. The quantitative estimate of drug-likeness (QED) is 0.757. The molecule has 0 spiro atoms. The second-order valence-electron chi connectivity index (χ2n) is 3.08. The summed E-state index contributed by atoms with van der Waals surface area (Å²) < 4.78 is 1.59. The van der Waals surface area contributed by atoms with Gasteiger partial charge in [-0.25, -0.2) is 9.50 Å². The Hall–Kier alpha value is -1.91. The number of hydrogen-bond donors (Lipinski definition) is 1. The van der Waals surface area contributed by atoms with E-state index >= 15 is 0 Å². The SMILES string of the molecule is Cc1ccc2nc(CC(=O)O)cn2n1. The first-order chi connectivity index (χ1) is 6.65. The molecule has 14 heavy (non-hydrogen) atoms. The number of aromatic nitrogens is 3. The Morgan fingerprint density at radius 2 is 2.36 bits per heavy atom. The molecule has 0 fully saturated rings. The van der Waals surface area contributed by atoms with E-state index in [-0.39, 0.29) is 6.42 Å². The Labute approximate surface area is 80.0 Å². The third kappa shape index (κ3) is 1.56. The fourth-order valence-electron chi connectivity index (χ4n) is 1.27. The van der Waals surface area contributed by atoms with Gasteiger partial charge >= 0.3 is 5.97 Å². The predicted octanol–water partition coefficient (Wildman–Crippen LogP) is 0.665. The van der Waals surface area contributed by atoms with Gasteiger partial charge in [-0.05, 0) is 19.1 Å². The summed E-state index contributed by atoms with van der Waals surface area (Å²) >= 11 is 0. The van der Waals surface area contributed by atoms with E-state index in [0.29, 0.717) is 11.3 Å². The van der Waals surface area contributed by atoms with Crippen LogP contribution in [0, 0.1) is 6.92 Å². The zero-order valence-corrected chi connectivity index (χ0v) is 7.64. The van der Waals surface area contributed by atoms with Crippen molar-refractivity contribution in [2.24, 2.45) is 0 Å². The van der Waals surface area contributed by atoms with Crippen LogP contribution in [0.15, 0.2) is 18.3 Å². The Morgan fingerprint density at radius 3 is 3.07 bits per heavy atom. The summed E-state index contributed by atoms with van der Waals surface area (Å²) in [6.45, 7) is 1.87. The molecule has 0 saturated carbocycles. The van der Waals surface area contributed by atoms with Crippen LogP contribution in [0.2, 0.25) is 0 Å². The number of carboxylic acids is 1. The lowest BCUT2D eigenvalue weighted by Gasteiger charge is -1.91. The van der Waals surface area contributed by atoms with Crippen LogP contribution in [0.4, 0.5) is 0 Å². The number of fused-ring (bicyclic) bond motifs is 1. The summed E-state index contributed by atoms with van der Waals surface area (Å²) in [4.78, 5) is 14.6. The molecular weight excluding hydrogens is 182 g/mol. The molecule has 0 aliphatic rings. The van der Waals surface area contributed by atoms with Gasteiger partial charge in [0.2, 0.25) is 0 Å². The summed E-state index contributed by atoms with van der Waals surface area (Å²) in [5.41, 5.74) is 2.07. The fraction of sp³-hybridized carbons (Fsp3) is 0.222. The van der Waals surface area contributed by atoms with Gasteiger partial charge in [-0.2, -0.15) is 5.10 Å². The summed E-state index contributed by atoms with van der Waals surface area (Å²) in [5.74, 6) is -0.884. The molecule has 0 saturated heterocycles. The predicted molar refractivity (Wildman–Crippen MR) is 49.1 cm³/mol. The minimum atomic E-state index is -0.884. The maximum absolute atomic E-state index is 10.4. The third-order valence-corrected chi connectivity index (χ3v) is 1.84. The zero-order valence-electron chi connectivity index (χ0n) is 7.64. The minimum Gasteiger partial charge on any atom is -0.481 e. The molecule has 0 unspecified atom stereocenters. The first-order valence-electron chi connectivity index (χ1n) is 4.19. The largest absolute Gasteiger partial charge is 0.481 e. The number of aryl methyl sites for hydroxylation is 1. The van der Waals surface area contributed by atoms with Crippen molar-refractivity contribution in [2.75, 3.05) is 0 Å². The first-order valence-corrected chi connectivity index (χ1v) is 4.19. The van der Waals surface area contributed by atoms with Crippen molar-refractivity contribution < 1.29 is 9.90 Å². The van der Waals surface area contributed by atoms with Crippen molar-refractivity contribution in [1.82, 2.24) is 14.6 Å². The van der Waals surface area contributed by atoms with E-state index in [2.05, 4.69) is 10.1 Å². The Morgan fingerprint density at radius 1 is 1.57 bits per heavy atom. The molecule has 1 N–H and O–H groups in total. The van der Waals surface area contributed by atoms with Gasteiger partial charge in [0, 0.05) is 0 Å². The Bertz CT molecular complexity index is 490. The van der Waals surface area contributed by atoms with Crippen LogP contribution in [0.25, 0.3) is 5.65 Å². The van der Waals surface area contributed by atoms with E-state index in [1.807, 2.05) is 19.1 Å².